The number of methoxy groups -OCH3 is 1. The second-order valence-electron chi connectivity index (χ2n) is 8.56. The number of hydrogen-bond acceptors (Lipinski definition) is 4. The molecule has 0 atom stereocenters. The Morgan fingerprint density at radius 2 is 1.90 bits per heavy atom. The molecule has 1 aromatic carbocycles. The molecule has 6 nitrogen and oxygen atoms in total. The van der Waals surface area contributed by atoms with Crippen LogP contribution in [-0.2, 0) is 16.8 Å². The van der Waals surface area contributed by atoms with Gasteiger partial charge in [0.15, 0.2) is 5.65 Å². The summed E-state index contributed by atoms with van der Waals surface area (Å²) in [5.74, 6) is 0.503. The fourth-order valence-corrected chi connectivity index (χ4v) is 4.01. The molecule has 0 saturated carbocycles. The number of anilines is 1. The average molecular weight is 429 g/mol. The molecule has 2 heterocycles. The van der Waals surface area contributed by atoms with Crippen molar-refractivity contribution in [1.29, 1.82) is 0 Å². The molecule has 0 spiro atoms. The van der Waals surface area contributed by atoms with Crippen LogP contribution in [-0.4, -0.2) is 27.8 Å². The summed E-state index contributed by atoms with van der Waals surface area (Å²) in [4.78, 5) is 17.4. The van der Waals surface area contributed by atoms with Gasteiger partial charge in [0.25, 0.3) is 0 Å². The van der Waals surface area contributed by atoms with Gasteiger partial charge in [-0.1, -0.05) is 11.6 Å². The fourth-order valence-electron chi connectivity index (χ4n) is 3.75. The summed E-state index contributed by atoms with van der Waals surface area (Å²) in [6.07, 6.45) is 0.960. The number of pyridine rings is 1. The molecule has 2 aromatic heterocycles. The van der Waals surface area contributed by atoms with Gasteiger partial charge >= 0.3 is 0 Å². The van der Waals surface area contributed by atoms with Crippen LogP contribution in [0.4, 0.5) is 5.69 Å². The summed E-state index contributed by atoms with van der Waals surface area (Å²) in [5.41, 5.74) is 5.53. The van der Waals surface area contributed by atoms with Gasteiger partial charge in [0, 0.05) is 23.2 Å². The quantitative estimate of drug-likeness (QED) is 0.595. The number of fused-ring (bicyclic) bond motifs is 1. The van der Waals surface area contributed by atoms with Crippen LogP contribution in [0, 0.1) is 20.8 Å². The normalized spacial score (nSPS) is 11.7. The molecule has 3 rings (SSSR count). The first-order chi connectivity index (χ1) is 14.0. The topological polar surface area (TPSA) is 69.0 Å². The Morgan fingerprint density at radius 3 is 2.50 bits per heavy atom. The van der Waals surface area contributed by atoms with Gasteiger partial charge in [0.2, 0.25) is 5.91 Å². The molecular weight excluding hydrogens is 400 g/mol. The lowest BCUT2D eigenvalue weighted by Gasteiger charge is -2.20. The smallest absolute Gasteiger partial charge is 0.224 e. The molecule has 0 aliphatic rings. The maximum Gasteiger partial charge on any atom is 0.224 e. The SMILES string of the molecule is COc1ccc(NC(=O)CCc2c(C)nc3c(c(C)nn3C(C)(C)C)c2C)cc1Cl. The highest BCUT2D eigenvalue weighted by Crippen LogP contribution is 2.30. The van der Waals surface area contributed by atoms with Gasteiger partial charge in [-0.3, -0.25) is 4.79 Å². The first-order valence-corrected chi connectivity index (χ1v) is 10.4. The van der Waals surface area contributed by atoms with Crippen LogP contribution in [0.25, 0.3) is 11.0 Å². The van der Waals surface area contributed by atoms with Crippen LogP contribution in [0.2, 0.25) is 5.02 Å². The number of rotatable bonds is 5. The molecule has 30 heavy (non-hydrogen) atoms. The zero-order valence-electron chi connectivity index (χ0n) is 18.7. The number of hydrogen-bond donors (Lipinski definition) is 1. The van der Waals surface area contributed by atoms with Gasteiger partial charge < -0.3 is 10.1 Å². The number of nitrogens with one attached hydrogen (secondary N) is 1. The zero-order valence-corrected chi connectivity index (χ0v) is 19.4. The predicted octanol–water partition coefficient (Wildman–Crippen LogP) is 5.34. The van der Waals surface area contributed by atoms with Crippen molar-refractivity contribution in [3.63, 3.8) is 0 Å². The van der Waals surface area contributed by atoms with Crippen molar-refractivity contribution in [3.05, 3.63) is 45.7 Å². The lowest BCUT2D eigenvalue weighted by Crippen LogP contribution is -2.23. The molecule has 160 valence electrons. The van der Waals surface area contributed by atoms with E-state index in [0.29, 0.717) is 29.3 Å². The van der Waals surface area contributed by atoms with Crippen molar-refractivity contribution < 1.29 is 9.53 Å². The summed E-state index contributed by atoms with van der Waals surface area (Å²) in [6, 6.07) is 5.20. The minimum atomic E-state index is -0.153. The molecule has 0 aliphatic carbocycles. The highest BCUT2D eigenvalue weighted by Gasteiger charge is 2.23. The van der Waals surface area contributed by atoms with Gasteiger partial charge in [-0.15, -0.1) is 0 Å². The van der Waals surface area contributed by atoms with E-state index in [9.17, 15) is 4.79 Å². The van der Waals surface area contributed by atoms with Gasteiger partial charge in [-0.05, 0) is 77.3 Å². The number of carbonyl (C=O) groups is 1. The van der Waals surface area contributed by atoms with E-state index in [1.807, 2.05) is 18.5 Å². The van der Waals surface area contributed by atoms with Crippen LogP contribution in [0.15, 0.2) is 18.2 Å². The Bertz CT molecular complexity index is 1110. The van der Waals surface area contributed by atoms with E-state index >= 15 is 0 Å². The van der Waals surface area contributed by atoms with Crippen molar-refractivity contribution in [2.24, 2.45) is 0 Å². The first kappa shape index (κ1) is 22.1. The lowest BCUT2D eigenvalue weighted by molar-refractivity contribution is -0.116. The Kier molecular flexibility index (Phi) is 6.09. The van der Waals surface area contributed by atoms with Crippen LogP contribution in [0.3, 0.4) is 0 Å². The van der Waals surface area contributed by atoms with Crippen LogP contribution in [0.5, 0.6) is 5.75 Å². The van der Waals surface area contributed by atoms with Gasteiger partial charge in [0.05, 0.1) is 23.4 Å². The van der Waals surface area contributed by atoms with Gasteiger partial charge in [-0.25, -0.2) is 9.67 Å². The molecule has 7 heteroatoms. The van der Waals surface area contributed by atoms with Crippen molar-refractivity contribution >= 4 is 34.2 Å². The van der Waals surface area contributed by atoms with Crippen LogP contribution in [0.1, 0.15) is 49.7 Å². The van der Waals surface area contributed by atoms with Crippen molar-refractivity contribution in [2.45, 2.75) is 59.9 Å². The standard InChI is InChI=1S/C23H29ClN4O2/c1-13-17(9-11-20(29)26-16-8-10-19(30-7)18(24)12-16)14(2)25-22-21(13)15(3)27-28(22)23(4,5)6/h8,10,12H,9,11H2,1-7H3,(H,26,29). The van der Waals surface area contributed by atoms with Crippen molar-refractivity contribution in [2.75, 3.05) is 12.4 Å². The number of nitrogens with zero attached hydrogens (tertiary/aromatic N) is 3. The molecule has 1 N–H and O–H groups in total. The minimum absolute atomic E-state index is 0.0720. The van der Waals surface area contributed by atoms with E-state index in [4.69, 9.17) is 26.4 Å². The summed E-state index contributed by atoms with van der Waals surface area (Å²) in [7, 11) is 1.56. The highest BCUT2D eigenvalue weighted by atomic mass is 35.5. The largest absolute Gasteiger partial charge is 0.495 e. The predicted molar refractivity (Wildman–Crippen MR) is 122 cm³/mol. The van der Waals surface area contributed by atoms with Gasteiger partial charge in [0.1, 0.15) is 5.75 Å². The third kappa shape index (κ3) is 4.29. The number of carbonyl (C=O) groups excluding carboxylic acids is 1. The average Bonchev–Trinajstić information content (AvgIpc) is 2.98. The lowest BCUT2D eigenvalue weighted by atomic mass is 9.99. The third-order valence-corrected chi connectivity index (χ3v) is 5.54. The molecule has 0 unspecified atom stereocenters. The number of amides is 1. The monoisotopic (exact) mass is 428 g/mol. The second-order valence-corrected chi connectivity index (χ2v) is 8.97. The molecule has 0 aliphatic heterocycles. The third-order valence-electron chi connectivity index (χ3n) is 5.25. The van der Waals surface area contributed by atoms with E-state index in [1.165, 1.54) is 0 Å². The maximum absolute atomic E-state index is 12.5. The summed E-state index contributed by atoms with van der Waals surface area (Å²) in [5, 5.41) is 9.17. The van der Waals surface area contributed by atoms with Crippen molar-refractivity contribution in [1.82, 2.24) is 14.8 Å². The Labute approximate surface area is 182 Å². The summed E-state index contributed by atoms with van der Waals surface area (Å²) >= 11 is 6.14. The Balaban J connectivity index is 1.81. The number of ether oxygens (including phenoxy) is 1. The molecule has 0 fully saturated rings. The van der Waals surface area contributed by atoms with Crippen molar-refractivity contribution in [3.8, 4) is 5.75 Å². The van der Waals surface area contributed by atoms with Crippen LogP contribution >= 0.6 is 11.6 Å². The van der Waals surface area contributed by atoms with E-state index < -0.39 is 0 Å². The minimum Gasteiger partial charge on any atom is -0.495 e. The van der Waals surface area contributed by atoms with E-state index in [1.54, 1.807) is 25.3 Å². The summed E-state index contributed by atoms with van der Waals surface area (Å²) < 4.78 is 7.13. The Hall–Kier alpha value is -2.60. The van der Waals surface area contributed by atoms with Gasteiger partial charge in [-0.2, -0.15) is 5.10 Å². The Morgan fingerprint density at radius 1 is 1.20 bits per heavy atom. The zero-order chi connectivity index (χ0) is 22.2. The number of benzene rings is 1. The highest BCUT2D eigenvalue weighted by molar-refractivity contribution is 6.32. The molecule has 1 amide bonds. The molecular formula is C23H29ClN4O2. The van der Waals surface area contributed by atoms with E-state index in [-0.39, 0.29) is 11.4 Å². The number of aryl methyl sites for hydroxylation is 3. The van der Waals surface area contributed by atoms with E-state index in [2.05, 4.69) is 33.0 Å². The second kappa shape index (κ2) is 8.26. The molecule has 0 saturated heterocycles. The first-order valence-electron chi connectivity index (χ1n) is 10.0. The number of halogens is 1. The summed E-state index contributed by atoms with van der Waals surface area (Å²) in [6.45, 7) is 12.5. The molecule has 0 bridgehead atoms. The van der Waals surface area contributed by atoms with E-state index in [0.717, 1.165) is 33.5 Å². The molecule has 0 radical (unpaired) electrons. The maximum atomic E-state index is 12.5. The fraction of sp³-hybridized carbons (Fsp3) is 0.435. The van der Waals surface area contributed by atoms with Crippen LogP contribution < -0.4 is 10.1 Å². The molecule has 3 aromatic rings. The number of aromatic nitrogens is 3.